The number of H-pyrrole nitrogens is 1. The van der Waals surface area contributed by atoms with Crippen LogP contribution < -0.4 is 15.0 Å². The summed E-state index contributed by atoms with van der Waals surface area (Å²) in [6.07, 6.45) is 0. The first kappa shape index (κ1) is 13.2. The quantitative estimate of drug-likeness (QED) is 0.802. The van der Waals surface area contributed by atoms with Crippen LogP contribution in [0.4, 0.5) is 0 Å². The second kappa shape index (κ2) is 5.32. The van der Waals surface area contributed by atoms with Gasteiger partial charge in [-0.05, 0) is 35.7 Å². The predicted molar refractivity (Wildman–Crippen MR) is 83.1 cm³/mol. The number of rotatable bonds is 3. The van der Waals surface area contributed by atoms with E-state index in [0.717, 1.165) is 22.4 Å². The monoisotopic (exact) mass is 281 g/mol. The van der Waals surface area contributed by atoms with Crippen molar-refractivity contribution in [3.8, 4) is 22.8 Å². The number of pyridine rings is 1. The van der Waals surface area contributed by atoms with Gasteiger partial charge in [0.2, 0.25) is 0 Å². The minimum atomic E-state index is -0.135. The molecule has 3 rings (SSSR count). The van der Waals surface area contributed by atoms with Crippen molar-refractivity contribution >= 4 is 10.8 Å². The fourth-order valence-corrected chi connectivity index (χ4v) is 2.31. The number of hydrogen-bond donors (Lipinski definition) is 1. The summed E-state index contributed by atoms with van der Waals surface area (Å²) in [4.78, 5) is 15.2. The lowest BCUT2D eigenvalue weighted by Gasteiger charge is -2.07. The van der Waals surface area contributed by atoms with E-state index in [1.54, 1.807) is 20.3 Å². The Kier molecular flexibility index (Phi) is 3.36. The van der Waals surface area contributed by atoms with E-state index in [4.69, 9.17) is 9.47 Å². The van der Waals surface area contributed by atoms with E-state index in [9.17, 15) is 4.79 Å². The smallest absolute Gasteiger partial charge is 0.256 e. The molecule has 1 aromatic heterocycles. The molecule has 21 heavy (non-hydrogen) atoms. The first-order chi connectivity index (χ1) is 10.2. The summed E-state index contributed by atoms with van der Waals surface area (Å²) in [5.74, 6) is 1.42. The predicted octanol–water partition coefficient (Wildman–Crippen LogP) is 3.21. The highest BCUT2D eigenvalue weighted by Crippen LogP contribution is 2.25. The molecular formula is C17H15NO3. The molecule has 0 aliphatic rings. The number of hydrogen-bond acceptors (Lipinski definition) is 3. The zero-order valence-electron chi connectivity index (χ0n) is 11.8. The summed E-state index contributed by atoms with van der Waals surface area (Å²) in [7, 11) is 3.20. The second-order valence-electron chi connectivity index (χ2n) is 4.70. The molecule has 0 saturated heterocycles. The Morgan fingerprint density at radius 3 is 2.43 bits per heavy atom. The van der Waals surface area contributed by atoms with E-state index < -0.39 is 0 Å². The van der Waals surface area contributed by atoms with E-state index >= 15 is 0 Å². The van der Waals surface area contributed by atoms with Crippen molar-refractivity contribution in [1.29, 1.82) is 0 Å². The van der Waals surface area contributed by atoms with E-state index in [0.29, 0.717) is 11.1 Å². The van der Waals surface area contributed by atoms with E-state index in [-0.39, 0.29) is 5.56 Å². The van der Waals surface area contributed by atoms with Crippen LogP contribution >= 0.6 is 0 Å². The molecule has 0 aliphatic heterocycles. The molecule has 1 N–H and O–H groups in total. The summed E-state index contributed by atoms with van der Waals surface area (Å²) in [6, 6.07) is 15.0. The van der Waals surface area contributed by atoms with E-state index in [2.05, 4.69) is 4.98 Å². The van der Waals surface area contributed by atoms with Crippen LogP contribution in [-0.2, 0) is 0 Å². The summed E-state index contributed by atoms with van der Waals surface area (Å²) in [5.41, 5.74) is 1.53. The van der Waals surface area contributed by atoms with Gasteiger partial charge in [0.25, 0.3) is 5.56 Å². The van der Waals surface area contributed by atoms with E-state index in [1.165, 1.54) is 0 Å². The van der Waals surface area contributed by atoms with Crippen LogP contribution in [0.5, 0.6) is 11.5 Å². The number of aromatic nitrogens is 1. The SMILES string of the molecule is COc1cccc(-c2cc3ccc(OC)cc3c(=O)[nH]2)c1. The Balaban J connectivity index is 2.18. The van der Waals surface area contributed by atoms with Crippen LogP contribution in [0.25, 0.3) is 22.0 Å². The molecule has 4 nitrogen and oxygen atoms in total. The van der Waals surface area contributed by atoms with Crippen LogP contribution in [0.1, 0.15) is 0 Å². The zero-order valence-corrected chi connectivity index (χ0v) is 11.8. The second-order valence-corrected chi connectivity index (χ2v) is 4.70. The maximum absolute atomic E-state index is 12.3. The molecule has 1 heterocycles. The van der Waals surface area contributed by atoms with Gasteiger partial charge in [-0.25, -0.2) is 0 Å². The summed E-state index contributed by atoms with van der Waals surface area (Å²) in [5, 5.41) is 1.48. The molecule has 0 saturated carbocycles. The molecule has 0 spiro atoms. The summed E-state index contributed by atoms with van der Waals surface area (Å²) >= 11 is 0. The van der Waals surface area contributed by atoms with Gasteiger partial charge in [0.1, 0.15) is 11.5 Å². The highest BCUT2D eigenvalue weighted by atomic mass is 16.5. The first-order valence-electron chi connectivity index (χ1n) is 6.57. The lowest BCUT2D eigenvalue weighted by atomic mass is 10.1. The Morgan fingerprint density at radius 1 is 0.905 bits per heavy atom. The minimum absolute atomic E-state index is 0.135. The van der Waals surface area contributed by atoms with Crippen LogP contribution in [0.15, 0.2) is 53.3 Å². The molecular weight excluding hydrogens is 266 g/mol. The van der Waals surface area contributed by atoms with Crippen molar-refractivity contribution in [2.45, 2.75) is 0 Å². The molecule has 2 aromatic carbocycles. The van der Waals surface area contributed by atoms with Gasteiger partial charge in [-0.15, -0.1) is 0 Å². The van der Waals surface area contributed by atoms with Crippen LogP contribution in [-0.4, -0.2) is 19.2 Å². The number of aromatic amines is 1. The molecule has 106 valence electrons. The topological polar surface area (TPSA) is 51.3 Å². The summed E-state index contributed by atoms with van der Waals surface area (Å²) < 4.78 is 10.4. The zero-order chi connectivity index (χ0) is 14.8. The largest absolute Gasteiger partial charge is 0.497 e. The molecule has 0 aliphatic carbocycles. The number of benzene rings is 2. The molecule has 0 atom stereocenters. The van der Waals surface area contributed by atoms with Gasteiger partial charge in [-0.2, -0.15) is 0 Å². The van der Waals surface area contributed by atoms with Gasteiger partial charge in [0.05, 0.1) is 19.6 Å². The van der Waals surface area contributed by atoms with Crippen molar-refractivity contribution in [2.75, 3.05) is 14.2 Å². The number of methoxy groups -OCH3 is 2. The normalized spacial score (nSPS) is 10.6. The lowest BCUT2D eigenvalue weighted by Crippen LogP contribution is -2.07. The average Bonchev–Trinajstić information content (AvgIpc) is 2.54. The third-order valence-electron chi connectivity index (χ3n) is 3.43. The van der Waals surface area contributed by atoms with Crippen LogP contribution in [0.3, 0.4) is 0 Å². The van der Waals surface area contributed by atoms with Crippen molar-refractivity contribution in [3.05, 3.63) is 58.9 Å². The van der Waals surface area contributed by atoms with Crippen LogP contribution in [0.2, 0.25) is 0 Å². The first-order valence-corrected chi connectivity index (χ1v) is 6.57. The van der Waals surface area contributed by atoms with Crippen molar-refractivity contribution in [1.82, 2.24) is 4.98 Å². The highest BCUT2D eigenvalue weighted by molar-refractivity contribution is 5.86. The molecule has 0 fully saturated rings. The van der Waals surface area contributed by atoms with E-state index in [1.807, 2.05) is 42.5 Å². The minimum Gasteiger partial charge on any atom is -0.497 e. The number of nitrogens with one attached hydrogen (secondary N) is 1. The molecule has 3 aromatic rings. The number of fused-ring (bicyclic) bond motifs is 1. The van der Waals surface area contributed by atoms with Crippen molar-refractivity contribution in [2.24, 2.45) is 0 Å². The highest BCUT2D eigenvalue weighted by Gasteiger charge is 2.06. The van der Waals surface area contributed by atoms with Crippen molar-refractivity contribution in [3.63, 3.8) is 0 Å². The molecule has 0 radical (unpaired) electrons. The maximum atomic E-state index is 12.3. The standard InChI is InChI=1S/C17H15NO3/c1-20-13-5-3-4-12(8-13)16-9-11-6-7-14(21-2)10-15(11)17(19)18-16/h3-10H,1-2H3,(H,18,19). The molecule has 0 amide bonds. The van der Waals surface area contributed by atoms with Gasteiger partial charge in [0.15, 0.2) is 0 Å². The Labute approximate surface area is 122 Å². The van der Waals surface area contributed by atoms with Gasteiger partial charge in [-0.3, -0.25) is 4.79 Å². The fourth-order valence-electron chi connectivity index (χ4n) is 2.31. The average molecular weight is 281 g/mol. The van der Waals surface area contributed by atoms with Crippen molar-refractivity contribution < 1.29 is 9.47 Å². The fraction of sp³-hybridized carbons (Fsp3) is 0.118. The third kappa shape index (κ3) is 2.48. The third-order valence-corrected chi connectivity index (χ3v) is 3.43. The Hall–Kier alpha value is -2.75. The Morgan fingerprint density at radius 2 is 1.67 bits per heavy atom. The Bertz CT molecular complexity index is 852. The lowest BCUT2D eigenvalue weighted by molar-refractivity contribution is 0.415. The summed E-state index contributed by atoms with van der Waals surface area (Å²) in [6.45, 7) is 0. The maximum Gasteiger partial charge on any atom is 0.256 e. The van der Waals surface area contributed by atoms with Gasteiger partial charge in [-0.1, -0.05) is 18.2 Å². The molecule has 0 unspecified atom stereocenters. The van der Waals surface area contributed by atoms with Gasteiger partial charge < -0.3 is 14.5 Å². The van der Waals surface area contributed by atoms with Crippen LogP contribution in [0, 0.1) is 0 Å². The molecule has 0 bridgehead atoms. The van der Waals surface area contributed by atoms with Gasteiger partial charge in [0, 0.05) is 11.3 Å². The molecule has 4 heteroatoms. The number of ether oxygens (including phenoxy) is 2. The van der Waals surface area contributed by atoms with Gasteiger partial charge >= 0.3 is 0 Å².